The fourth-order valence-corrected chi connectivity index (χ4v) is 4.56. The van der Waals surface area contributed by atoms with Gasteiger partial charge in [-0.25, -0.2) is 0 Å². The summed E-state index contributed by atoms with van der Waals surface area (Å²) < 4.78 is 0. The van der Waals surface area contributed by atoms with Crippen LogP contribution in [0.1, 0.15) is 69.4 Å². The maximum Gasteiger partial charge on any atom is -0.0242 e. The lowest BCUT2D eigenvalue weighted by atomic mass is 9.73. The molecule has 110 valence electrons. The van der Waals surface area contributed by atoms with E-state index in [0.29, 0.717) is 0 Å². The van der Waals surface area contributed by atoms with Crippen LogP contribution in [0.25, 0.3) is 0 Å². The quantitative estimate of drug-likeness (QED) is 0.594. The molecule has 0 bridgehead atoms. The second-order valence-electron chi connectivity index (χ2n) is 7.21. The molecule has 2 aliphatic rings. The zero-order valence-electron chi connectivity index (χ0n) is 13.1. The van der Waals surface area contributed by atoms with E-state index >= 15 is 0 Å². The van der Waals surface area contributed by atoms with E-state index in [2.05, 4.69) is 31.2 Å². The number of rotatable bonds is 5. The second-order valence-corrected chi connectivity index (χ2v) is 7.21. The number of fused-ring (bicyclic) bond motifs is 1. The molecule has 0 heteroatoms. The van der Waals surface area contributed by atoms with Crippen LogP contribution in [0.4, 0.5) is 0 Å². The third kappa shape index (κ3) is 3.27. The van der Waals surface area contributed by atoms with Crippen LogP contribution in [-0.2, 0) is 12.8 Å². The lowest BCUT2D eigenvalue weighted by Crippen LogP contribution is -2.22. The molecule has 20 heavy (non-hydrogen) atoms. The fraction of sp³-hybridized carbons (Fsp3) is 0.700. The van der Waals surface area contributed by atoms with Crippen molar-refractivity contribution in [3.8, 4) is 0 Å². The van der Waals surface area contributed by atoms with E-state index in [0.717, 1.165) is 17.8 Å². The smallest absolute Gasteiger partial charge is 0.0242 e. The largest absolute Gasteiger partial charge is 0.0654 e. The molecule has 0 spiro atoms. The minimum absolute atomic E-state index is 0.962. The Bertz CT molecular complexity index is 387. The molecule has 0 aliphatic heterocycles. The molecule has 2 aliphatic carbocycles. The standard InChI is InChI=1S/C20H30/c1-2-3-4-7-16-10-12-17(13-11-16)20-14-18-8-5-6-9-19(18)15-20/h5-6,8-9,16-17,20H,2-4,7,10-15H2,1H3/t16-,17-. The molecule has 0 atom stereocenters. The lowest BCUT2D eigenvalue weighted by Gasteiger charge is -2.32. The highest BCUT2D eigenvalue weighted by atomic mass is 14.4. The molecule has 1 fully saturated rings. The van der Waals surface area contributed by atoms with Gasteiger partial charge in [0.05, 0.1) is 0 Å². The van der Waals surface area contributed by atoms with Gasteiger partial charge in [-0.2, -0.15) is 0 Å². The number of hydrogen-bond acceptors (Lipinski definition) is 0. The van der Waals surface area contributed by atoms with Gasteiger partial charge in [0.15, 0.2) is 0 Å². The molecule has 0 heterocycles. The molecule has 0 aromatic heterocycles. The first-order chi connectivity index (χ1) is 9.86. The molecule has 0 amide bonds. The first-order valence-corrected chi connectivity index (χ1v) is 8.93. The van der Waals surface area contributed by atoms with E-state index in [1.54, 1.807) is 11.1 Å². The highest BCUT2D eigenvalue weighted by Crippen LogP contribution is 2.41. The maximum absolute atomic E-state index is 2.35. The number of unbranched alkanes of at least 4 members (excludes halogenated alkanes) is 2. The number of hydrogen-bond donors (Lipinski definition) is 0. The third-order valence-corrected chi connectivity index (χ3v) is 5.86. The minimum Gasteiger partial charge on any atom is -0.0654 e. The Morgan fingerprint density at radius 2 is 1.50 bits per heavy atom. The van der Waals surface area contributed by atoms with Crippen molar-refractivity contribution in [1.82, 2.24) is 0 Å². The summed E-state index contributed by atoms with van der Waals surface area (Å²) in [6.07, 6.45) is 14.6. The van der Waals surface area contributed by atoms with Gasteiger partial charge in [-0.1, -0.05) is 69.7 Å². The Labute approximate surface area is 125 Å². The van der Waals surface area contributed by atoms with Crippen LogP contribution in [-0.4, -0.2) is 0 Å². The predicted octanol–water partition coefficient (Wildman–Crippen LogP) is 5.79. The minimum atomic E-state index is 0.962. The van der Waals surface area contributed by atoms with E-state index in [-0.39, 0.29) is 0 Å². The SMILES string of the molecule is CCCCC[C@H]1CC[C@H](C2Cc3ccccc3C2)CC1. The highest BCUT2D eigenvalue weighted by Gasteiger charge is 2.31. The van der Waals surface area contributed by atoms with E-state index in [4.69, 9.17) is 0 Å². The summed E-state index contributed by atoms with van der Waals surface area (Å²) in [6.45, 7) is 2.31. The summed E-state index contributed by atoms with van der Waals surface area (Å²) in [5.41, 5.74) is 3.28. The van der Waals surface area contributed by atoms with Gasteiger partial charge in [0.1, 0.15) is 0 Å². The second kappa shape index (κ2) is 6.78. The Morgan fingerprint density at radius 1 is 0.850 bits per heavy atom. The molecule has 0 radical (unpaired) electrons. The molecule has 0 saturated heterocycles. The van der Waals surface area contributed by atoms with Crippen molar-refractivity contribution >= 4 is 0 Å². The van der Waals surface area contributed by atoms with Crippen molar-refractivity contribution in [2.24, 2.45) is 17.8 Å². The molecule has 3 rings (SSSR count). The Kier molecular flexibility index (Phi) is 4.81. The molecule has 1 saturated carbocycles. The van der Waals surface area contributed by atoms with Crippen molar-refractivity contribution < 1.29 is 0 Å². The van der Waals surface area contributed by atoms with Gasteiger partial charge in [-0.15, -0.1) is 0 Å². The fourth-order valence-electron chi connectivity index (χ4n) is 4.56. The summed E-state index contributed by atoms with van der Waals surface area (Å²) in [7, 11) is 0. The molecule has 1 aromatic carbocycles. The van der Waals surface area contributed by atoms with Gasteiger partial charge < -0.3 is 0 Å². The zero-order valence-corrected chi connectivity index (χ0v) is 13.1. The molecule has 0 unspecified atom stereocenters. The van der Waals surface area contributed by atoms with Gasteiger partial charge in [-0.3, -0.25) is 0 Å². The van der Waals surface area contributed by atoms with Crippen molar-refractivity contribution in [3.63, 3.8) is 0 Å². The van der Waals surface area contributed by atoms with Crippen LogP contribution in [0.5, 0.6) is 0 Å². The summed E-state index contributed by atoms with van der Waals surface area (Å²) in [5.74, 6) is 3.04. The van der Waals surface area contributed by atoms with Gasteiger partial charge in [0, 0.05) is 0 Å². The van der Waals surface area contributed by atoms with Crippen LogP contribution in [0.3, 0.4) is 0 Å². The average molecular weight is 270 g/mol. The zero-order chi connectivity index (χ0) is 13.8. The first-order valence-electron chi connectivity index (χ1n) is 8.93. The predicted molar refractivity (Wildman–Crippen MR) is 86.9 cm³/mol. The van der Waals surface area contributed by atoms with Crippen molar-refractivity contribution in [2.75, 3.05) is 0 Å². The number of benzene rings is 1. The summed E-state index contributed by atoms with van der Waals surface area (Å²) in [6, 6.07) is 9.13. The Morgan fingerprint density at radius 3 is 2.10 bits per heavy atom. The van der Waals surface area contributed by atoms with Gasteiger partial charge in [0.25, 0.3) is 0 Å². The van der Waals surface area contributed by atoms with E-state index < -0.39 is 0 Å². The monoisotopic (exact) mass is 270 g/mol. The highest BCUT2D eigenvalue weighted by molar-refractivity contribution is 5.32. The lowest BCUT2D eigenvalue weighted by molar-refractivity contribution is 0.200. The van der Waals surface area contributed by atoms with Crippen molar-refractivity contribution in [2.45, 2.75) is 71.1 Å². The summed E-state index contributed by atoms with van der Waals surface area (Å²) in [4.78, 5) is 0. The van der Waals surface area contributed by atoms with Gasteiger partial charge in [-0.05, 0) is 54.6 Å². The van der Waals surface area contributed by atoms with E-state index in [1.807, 2.05) is 0 Å². The molecule has 0 nitrogen and oxygen atoms in total. The summed E-state index contributed by atoms with van der Waals surface area (Å²) in [5, 5.41) is 0. The van der Waals surface area contributed by atoms with Gasteiger partial charge >= 0.3 is 0 Å². The van der Waals surface area contributed by atoms with Crippen molar-refractivity contribution in [1.29, 1.82) is 0 Å². The molecule has 0 N–H and O–H groups in total. The van der Waals surface area contributed by atoms with E-state index in [1.165, 1.54) is 64.2 Å². The topological polar surface area (TPSA) is 0 Å². The third-order valence-electron chi connectivity index (χ3n) is 5.86. The average Bonchev–Trinajstić information content (AvgIpc) is 2.92. The maximum atomic E-state index is 2.35. The van der Waals surface area contributed by atoms with Crippen LogP contribution in [0, 0.1) is 17.8 Å². The molecular weight excluding hydrogens is 240 g/mol. The first kappa shape index (κ1) is 14.2. The summed E-state index contributed by atoms with van der Waals surface area (Å²) >= 11 is 0. The normalized spacial score (nSPS) is 26.6. The molecule has 1 aromatic rings. The van der Waals surface area contributed by atoms with Crippen LogP contribution < -0.4 is 0 Å². The van der Waals surface area contributed by atoms with Crippen LogP contribution >= 0.6 is 0 Å². The van der Waals surface area contributed by atoms with Crippen molar-refractivity contribution in [3.05, 3.63) is 35.4 Å². The van der Waals surface area contributed by atoms with Gasteiger partial charge in [0.2, 0.25) is 0 Å². The Hall–Kier alpha value is -0.780. The van der Waals surface area contributed by atoms with Crippen LogP contribution in [0.2, 0.25) is 0 Å². The molecular formula is C20H30. The Balaban J connectivity index is 1.46. The van der Waals surface area contributed by atoms with Crippen LogP contribution in [0.15, 0.2) is 24.3 Å². The van der Waals surface area contributed by atoms with E-state index in [9.17, 15) is 0 Å².